The molecular weight excluding hydrogens is 212 g/mol. The van der Waals surface area contributed by atoms with Gasteiger partial charge < -0.3 is 4.57 Å². The number of nitriles is 1. The molecule has 1 aromatic rings. The highest BCUT2D eigenvalue weighted by molar-refractivity contribution is 5.29. The standard InChI is InChI=1S/C14H18N2O/c1-10(2)13-8-7-11(9-15)14(17)16(13)12-5-3-4-6-12/h7-8,10,12H,3-6H2,1-2H3. The summed E-state index contributed by atoms with van der Waals surface area (Å²) in [6.45, 7) is 4.18. The van der Waals surface area contributed by atoms with Gasteiger partial charge in [0.15, 0.2) is 0 Å². The van der Waals surface area contributed by atoms with Gasteiger partial charge in [-0.3, -0.25) is 4.79 Å². The summed E-state index contributed by atoms with van der Waals surface area (Å²) in [4.78, 5) is 12.3. The van der Waals surface area contributed by atoms with Gasteiger partial charge in [0.25, 0.3) is 5.56 Å². The lowest BCUT2D eigenvalue weighted by molar-refractivity contribution is 0.473. The Morgan fingerprint density at radius 2 is 2.00 bits per heavy atom. The fraction of sp³-hybridized carbons (Fsp3) is 0.571. The first-order chi connectivity index (χ1) is 8.15. The first kappa shape index (κ1) is 11.9. The molecule has 3 nitrogen and oxygen atoms in total. The van der Waals surface area contributed by atoms with E-state index in [2.05, 4.69) is 13.8 Å². The molecule has 0 unspecified atom stereocenters. The third-order valence-corrected chi connectivity index (χ3v) is 3.55. The highest BCUT2D eigenvalue weighted by Gasteiger charge is 2.22. The molecule has 0 saturated heterocycles. The van der Waals surface area contributed by atoms with E-state index < -0.39 is 0 Å². The molecule has 1 aromatic heterocycles. The SMILES string of the molecule is CC(C)c1ccc(C#N)c(=O)n1C1CCCC1. The Bertz CT molecular complexity index is 502. The van der Waals surface area contributed by atoms with Crippen LogP contribution in [0.4, 0.5) is 0 Å². The smallest absolute Gasteiger partial charge is 0.268 e. The Morgan fingerprint density at radius 1 is 1.35 bits per heavy atom. The third kappa shape index (κ3) is 2.12. The Morgan fingerprint density at radius 3 is 2.53 bits per heavy atom. The van der Waals surface area contributed by atoms with Crippen molar-refractivity contribution in [2.75, 3.05) is 0 Å². The van der Waals surface area contributed by atoms with Gasteiger partial charge in [-0.2, -0.15) is 5.26 Å². The van der Waals surface area contributed by atoms with Gasteiger partial charge in [-0.15, -0.1) is 0 Å². The van der Waals surface area contributed by atoms with Crippen molar-refractivity contribution >= 4 is 0 Å². The molecule has 2 rings (SSSR count). The highest BCUT2D eigenvalue weighted by Crippen LogP contribution is 2.31. The lowest BCUT2D eigenvalue weighted by Crippen LogP contribution is -2.28. The summed E-state index contributed by atoms with van der Waals surface area (Å²) in [7, 11) is 0. The molecule has 0 aliphatic heterocycles. The van der Waals surface area contributed by atoms with E-state index in [0.29, 0.717) is 12.0 Å². The summed E-state index contributed by atoms with van der Waals surface area (Å²) in [5, 5.41) is 8.95. The first-order valence-electron chi connectivity index (χ1n) is 6.30. The maximum atomic E-state index is 12.3. The normalized spacial score (nSPS) is 16.4. The molecule has 90 valence electrons. The molecule has 0 spiro atoms. The number of hydrogen-bond donors (Lipinski definition) is 0. The predicted molar refractivity (Wildman–Crippen MR) is 67.0 cm³/mol. The second-order valence-corrected chi connectivity index (χ2v) is 5.05. The molecule has 1 aliphatic rings. The number of hydrogen-bond acceptors (Lipinski definition) is 2. The molecule has 1 heterocycles. The monoisotopic (exact) mass is 230 g/mol. The van der Waals surface area contributed by atoms with Gasteiger partial charge in [0.2, 0.25) is 0 Å². The minimum atomic E-state index is -0.106. The fourth-order valence-corrected chi connectivity index (χ4v) is 2.66. The van der Waals surface area contributed by atoms with Crippen molar-refractivity contribution in [3.8, 4) is 6.07 Å². The van der Waals surface area contributed by atoms with Crippen LogP contribution in [0.2, 0.25) is 0 Å². The van der Waals surface area contributed by atoms with Gasteiger partial charge >= 0.3 is 0 Å². The van der Waals surface area contributed by atoms with Gasteiger partial charge in [-0.1, -0.05) is 26.7 Å². The van der Waals surface area contributed by atoms with Crippen molar-refractivity contribution in [3.63, 3.8) is 0 Å². The molecule has 0 aromatic carbocycles. The summed E-state index contributed by atoms with van der Waals surface area (Å²) < 4.78 is 1.87. The Balaban J connectivity index is 2.59. The van der Waals surface area contributed by atoms with Crippen LogP contribution in [0.1, 0.15) is 62.7 Å². The van der Waals surface area contributed by atoms with Crippen molar-refractivity contribution in [2.45, 2.75) is 51.5 Å². The maximum absolute atomic E-state index is 12.3. The zero-order valence-corrected chi connectivity index (χ0v) is 10.4. The Hall–Kier alpha value is -1.56. The first-order valence-corrected chi connectivity index (χ1v) is 6.30. The van der Waals surface area contributed by atoms with Crippen LogP contribution in [0.3, 0.4) is 0 Å². The van der Waals surface area contributed by atoms with Gasteiger partial charge in [0.05, 0.1) is 0 Å². The minimum absolute atomic E-state index is 0.106. The molecular formula is C14H18N2O. The second-order valence-electron chi connectivity index (χ2n) is 5.05. The number of pyridine rings is 1. The summed E-state index contributed by atoms with van der Waals surface area (Å²) in [5.41, 5.74) is 1.22. The zero-order valence-electron chi connectivity index (χ0n) is 10.4. The number of rotatable bonds is 2. The lowest BCUT2D eigenvalue weighted by atomic mass is 10.1. The van der Waals surface area contributed by atoms with E-state index in [0.717, 1.165) is 18.5 Å². The highest BCUT2D eigenvalue weighted by atomic mass is 16.1. The molecule has 0 bridgehead atoms. The van der Waals surface area contributed by atoms with Crippen LogP contribution in [0.5, 0.6) is 0 Å². The van der Waals surface area contributed by atoms with Crippen LogP contribution in [-0.2, 0) is 0 Å². The van der Waals surface area contributed by atoms with E-state index >= 15 is 0 Å². The van der Waals surface area contributed by atoms with Gasteiger partial charge in [-0.25, -0.2) is 0 Å². The van der Waals surface area contributed by atoms with Crippen LogP contribution < -0.4 is 5.56 Å². The van der Waals surface area contributed by atoms with Gasteiger partial charge in [0, 0.05) is 11.7 Å². The van der Waals surface area contributed by atoms with E-state index in [1.807, 2.05) is 16.7 Å². The van der Waals surface area contributed by atoms with Crippen molar-refractivity contribution in [2.24, 2.45) is 0 Å². The van der Waals surface area contributed by atoms with Gasteiger partial charge in [0.1, 0.15) is 11.6 Å². The van der Waals surface area contributed by atoms with E-state index in [4.69, 9.17) is 5.26 Å². The van der Waals surface area contributed by atoms with Crippen molar-refractivity contribution in [1.82, 2.24) is 4.57 Å². The number of aromatic nitrogens is 1. The van der Waals surface area contributed by atoms with Crippen LogP contribution >= 0.6 is 0 Å². The summed E-state index contributed by atoms with van der Waals surface area (Å²) in [6.07, 6.45) is 4.50. The molecule has 0 radical (unpaired) electrons. The molecule has 0 N–H and O–H groups in total. The van der Waals surface area contributed by atoms with Crippen molar-refractivity contribution < 1.29 is 0 Å². The Kier molecular flexibility index (Phi) is 3.33. The van der Waals surface area contributed by atoms with Crippen molar-refractivity contribution in [3.05, 3.63) is 33.7 Å². The molecule has 1 fully saturated rings. The second kappa shape index (κ2) is 4.75. The fourth-order valence-electron chi connectivity index (χ4n) is 2.66. The summed E-state index contributed by atoms with van der Waals surface area (Å²) in [5.74, 6) is 0.316. The molecule has 3 heteroatoms. The van der Waals surface area contributed by atoms with Crippen LogP contribution in [-0.4, -0.2) is 4.57 Å². The quantitative estimate of drug-likeness (QED) is 0.784. The maximum Gasteiger partial charge on any atom is 0.268 e. The molecule has 1 aliphatic carbocycles. The average molecular weight is 230 g/mol. The van der Waals surface area contributed by atoms with E-state index in [1.165, 1.54) is 12.8 Å². The topological polar surface area (TPSA) is 45.8 Å². The van der Waals surface area contributed by atoms with Crippen LogP contribution in [0.25, 0.3) is 0 Å². The van der Waals surface area contributed by atoms with E-state index in [9.17, 15) is 4.79 Å². The largest absolute Gasteiger partial charge is 0.308 e. The van der Waals surface area contributed by atoms with Crippen LogP contribution in [0.15, 0.2) is 16.9 Å². The van der Waals surface area contributed by atoms with E-state index in [1.54, 1.807) is 6.07 Å². The molecule has 1 saturated carbocycles. The number of nitrogens with zero attached hydrogens (tertiary/aromatic N) is 2. The predicted octanol–water partition coefficient (Wildman–Crippen LogP) is 2.96. The van der Waals surface area contributed by atoms with Crippen LogP contribution in [0, 0.1) is 11.3 Å². The lowest BCUT2D eigenvalue weighted by Gasteiger charge is -2.21. The van der Waals surface area contributed by atoms with Crippen molar-refractivity contribution in [1.29, 1.82) is 5.26 Å². The molecule has 0 amide bonds. The Labute approximate surface area is 102 Å². The average Bonchev–Trinajstić information content (AvgIpc) is 2.81. The molecule has 17 heavy (non-hydrogen) atoms. The summed E-state index contributed by atoms with van der Waals surface area (Å²) >= 11 is 0. The van der Waals surface area contributed by atoms with Gasteiger partial charge in [-0.05, 0) is 30.9 Å². The minimum Gasteiger partial charge on any atom is -0.308 e. The summed E-state index contributed by atoms with van der Waals surface area (Å²) in [6, 6.07) is 5.88. The molecule has 0 atom stereocenters. The third-order valence-electron chi connectivity index (χ3n) is 3.55. The zero-order chi connectivity index (χ0) is 12.4. The van der Waals surface area contributed by atoms with E-state index in [-0.39, 0.29) is 11.1 Å².